The Labute approximate surface area is 397 Å². The molecule has 9 aromatic carbocycles. The van der Waals surface area contributed by atoms with Crippen LogP contribution in [0.1, 0.15) is 0 Å². The Morgan fingerprint density at radius 3 is 1.57 bits per heavy atom. The van der Waals surface area contributed by atoms with Gasteiger partial charge in [-0.1, -0.05) is 152 Å². The third kappa shape index (κ3) is 6.30. The maximum absolute atomic E-state index is 5.29. The van der Waals surface area contributed by atoms with Crippen LogP contribution in [-0.2, 0) is 0 Å². The maximum Gasteiger partial charge on any atom is 0.162 e. The molecule has 0 fully saturated rings. The van der Waals surface area contributed by atoms with Gasteiger partial charge in [0.25, 0.3) is 0 Å². The number of hydrogen-bond acceptors (Lipinski definition) is 3. The molecule has 0 saturated heterocycles. The van der Waals surface area contributed by atoms with Gasteiger partial charge in [0, 0.05) is 61.7 Å². The second-order valence-corrected chi connectivity index (χ2v) is 17.7. The first kappa shape index (κ1) is 38.8. The molecule has 5 heterocycles. The number of fused-ring (bicyclic) bond motifs is 9. The van der Waals surface area contributed by atoms with Gasteiger partial charge in [-0.25, -0.2) is 9.97 Å². The van der Waals surface area contributed by atoms with Gasteiger partial charge in [0.2, 0.25) is 0 Å². The van der Waals surface area contributed by atoms with Gasteiger partial charge in [-0.2, -0.15) is 0 Å². The molecule has 69 heavy (non-hydrogen) atoms. The van der Waals surface area contributed by atoms with Gasteiger partial charge in [0.15, 0.2) is 5.82 Å². The normalized spacial score (nSPS) is 11.8. The van der Waals surface area contributed by atoms with Crippen LogP contribution in [0.4, 0.5) is 0 Å². The number of benzene rings is 9. The van der Waals surface area contributed by atoms with E-state index in [1.54, 1.807) is 0 Å². The molecule has 6 heteroatoms. The highest BCUT2D eigenvalue weighted by Gasteiger charge is 2.20. The Morgan fingerprint density at radius 2 is 0.797 bits per heavy atom. The first-order chi connectivity index (χ1) is 34.2. The Balaban J connectivity index is 0.900. The van der Waals surface area contributed by atoms with Crippen molar-refractivity contribution in [1.29, 1.82) is 0 Å². The highest BCUT2D eigenvalue weighted by Crippen LogP contribution is 2.40. The van der Waals surface area contributed by atoms with Gasteiger partial charge < -0.3 is 9.13 Å². The molecule has 5 aromatic heterocycles. The first-order valence-electron chi connectivity index (χ1n) is 23.3. The fourth-order valence-corrected chi connectivity index (χ4v) is 10.5. The molecule has 322 valence electrons. The largest absolute Gasteiger partial charge is 0.309 e. The third-order valence-corrected chi connectivity index (χ3v) is 13.7. The van der Waals surface area contributed by atoms with Crippen molar-refractivity contribution in [3.05, 3.63) is 243 Å². The quantitative estimate of drug-likeness (QED) is 0.160. The minimum Gasteiger partial charge on any atom is -0.309 e. The van der Waals surface area contributed by atoms with E-state index in [1.807, 2.05) is 36.5 Å². The molecule has 0 saturated carbocycles. The molecular weight excluding hydrogens is 841 g/mol. The number of hydrogen-bond donors (Lipinski definition) is 0. The highest BCUT2D eigenvalue weighted by molar-refractivity contribution is 6.13. The zero-order valence-corrected chi connectivity index (χ0v) is 37.3. The van der Waals surface area contributed by atoms with Gasteiger partial charge in [0.05, 0.1) is 44.3 Å². The Hall–Kier alpha value is -9.39. The minimum atomic E-state index is 0.687. The standard InChI is InChI=1S/C63H40N6/c1-4-16-41(17-5-1)54-40-61(66-63(65-54)42-18-6-2-7-19-42)69-56-27-13-10-24-49(56)51-32-29-46(39-60(51)69)44-30-33-57-52(37-44)50-25-11-12-26-55(50)68(57)48-23-14-20-43(36-48)45-31-34-58-53(38-45)62-59(28-15-35-64-62)67(58)47-21-8-3-9-22-47/h1-40H. The molecule has 0 atom stereocenters. The van der Waals surface area contributed by atoms with Crippen LogP contribution in [0.3, 0.4) is 0 Å². The number of nitrogens with zero attached hydrogens (tertiary/aromatic N) is 6. The third-order valence-electron chi connectivity index (χ3n) is 13.7. The second kappa shape index (κ2) is 15.6. The van der Waals surface area contributed by atoms with Crippen LogP contribution in [0.25, 0.3) is 128 Å². The topological polar surface area (TPSA) is 53.5 Å². The van der Waals surface area contributed by atoms with Crippen LogP contribution in [-0.4, -0.2) is 28.7 Å². The van der Waals surface area contributed by atoms with E-state index in [-0.39, 0.29) is 0 Å². The average molecular weight is 881 g/mol. The summed E-state index contributed by atoms with van der Waals surface area (Å²) in [6.07, 6.45) is 1.89. The van der Waals surface area contributed by atoms with Crippen LogP contribution < -0.4 is 0 Å². The van der Waals surface area contributed by atoms with Gasteiger partial charge >= 0.3 is 0 Å². The van der Waals surface area contributed by atoms with Crippen molar-refractivity contribution < 1.29 is 0 Å². The van der Waals surface area contributed by atoms with Crippen molar-refractivity contribution in [3.8, 4) is 62.1 Å². The number of para-hydroxylation sites is 3. The lowest BCUT2D eigenvalue weighted by Gasteiger charge is -2.13. The zero-order valence-electron chi connectivity index (χ0n) is 37.3. The van der Waals surface area contributed by atoms with Gasteiger partial charge in [-0.3, -0.25) is 9.55 Å². The second-order valence-electron chi connectivity index (χ2n) is 17.7. The average Bonchev–Trinajstić information content (AvgIpc) is 4.06. The summed E-state index contributed by atoms with van der Waals surface area (Å²) in [5.41, 5.74) is 17.4. The molecule has 0 N–H and O–H groups in total. The smallest absolute Gasteiger partial charge is 0.162 e. The van der Waals surface area contributed by atoms with Gasteiger partial charge in [-0.15, -0.1) is 0 Å². The molecule has 0 spiro atoms. The summed E-state index contributed by atoms with van der Waals surface area (Å²) in [5.74, 6) is 1.51. The zero-order chi connectivity index (χ0) is 45.4. The lowest BCUT2D eigenvalue weighted by atomic mass is 10.0. The van der Waals surface area contributed by atoms with E-state index in [0.717, 1.165) is 100 Å². The molecule has 14 rings (SSSR count). The monoisotopic (exact) mass is 880 g/mol. The molecular formula is C63H40N6. The summed E-state index contributed by atoms with van der Waals surface area (Å²) in [5, 5.41) is 5.89. The van der Waals surface area contributed by atoms with Crippen LogP contribution in [0.15, 0.2) is 243 Å². The summed E-state index contributed by atoms with van der Waals surface area (Å²) in [7, 11) is 0. The summed E-state index contributed by atoms with van der Waals surface area (Å²) >= 11 is 0. The predicted octanol–water partition coefficient (Wildman–Crippen LogP) is 15.8. The molecule has 0 aliphatic rings. The van der Waals surface area contributed by atoms with Crippen molar-refractivity contribution in [2.75, 3.05) is 0 Å². The van der Waals surface area contributed by atoms with Crippen molar-refractivity contribution in [1.82, 2.24) is 28.7 Å². The van der Waals surface area contributed by atoms with E-state index in [2.05, 4.69) is 220 Å². The summed E-state index contributed by atoms with van der Waals surface area (Å²) < 4.78 is 7.02. The van der Waals surface area contributed by atoms with Gasteiger partial charge in [0.1, 0.15) is 5.82 Å². The Morgan fingerprint density at radius 1 is 0.275 bits per heavy atom. The fourth-order valence-electron chi connectivity index (χ4n) is 10.5. The molecule has 0 radical (unpaired) electrons. The number of aromatic nitrogens is 6. The molecule has 0 amide bonds. The van der Waals surface area contributed by atoms with Crippen LogP contribution in [0.2, 0.25) is 0 Å². The van der Waals surface area contributed by atoms with E-state index < -0.39 is 0 Å². The number of pyridine rings is 1. The Kier molecular flexibility index (Phi) is 8.79. The fraction of sp³-hybridized carbons (Fsp3) is 0. The van der Waals surface area contributed by atoms with Crippen molar-refractivity contribution in [2.45, 2.75) is 0 Å². The Bertz CT molecular complexity index is 4240. The SMILES string of the molecule is c1ccc(-c2cc(-n3c4ccccc4c4ccc(-c5ccc6c(c5)c5ccccc5n6-c5cccc(-c6ccc7c(c6)c6ncccc6n7-c6ccccc6)c5)cc43)nc(-c3ccccc3)n2)cc1. The maximum atomic E-state index is 5.29. The van der Waals surface area contributed by atoms with Gasteiger partial charge in [-0.05, 0) is 101 Å². The molecule has 6 nitrogen and oxygen atoms in total. The predicted molar refractivity (Wildman–Crippen MR) is 285 cm³/mol. The minimum absolute atomic E-state index is 0.687. The van der Waals surface area contributed by atoms with Crippen molar-refractivity contribution in [3.63, 3.8) is 0 Å². The van der Waals surface area contributed by atoms with Crippen LogP contribution in [0, 0.1) is 0 Å². The summed E-state index contributed by atoms with van der Waals surface area (Å²) in [6.45, 7) is 0. The van der Waals surface area contributed by atoms with Crippen LogP contribution >= 0.6 is 0 Å². The highest BCUT2D eigenvalue weighted by atomic mass is 15.1. The van der Waals surface area contributed by atoms with E-state index in [1.165, 1.54) is 21.5 Å². The number of rotatable bonds is 7. The summed E-state index contributed by atoms with van der Waals surface area (Å²) in [4.78, 5) is 15.3. The molecule has 0 bridgehead atoms. The molecule has 0 aliphatic heterocycles. The molecule has 0 aliphatic carbocycles. The molecule has 0 unspecified atom stereocenters. The van der Waals surface area contributed by atoms with E-state index >= 15 is 0 Å². The van der Waals surface area contributed by atoms with E-state index in [0.29, 0.717) is 5.82 Å². The van der Waals surface area contributed by atoms with E-state index in [4.69, 9.17) is 15.0 Å². The lowest BCUT2D eigenvalue weighted by Crippen LogP contribution is -2.02. The van der Waals surface area contributed by atoms with Crippen molar-refractivity contribution >= 4 is 65.5 Å². The van der Waals surface area contributed by atoms with Crippen LogP contribution in [0.5, 0.6) is 0 Å². The molecule has 14 aromatic rings. The lowest BCUT2D eigenvalue weighted by molar-refractivity contribution is 1.05. The summed E-state index contributed by atoms with van der Waals surface area (Å²) in [6, 6.07) is 84.3. The van der Waals surface area contributed by atoms with E-state index in [9.17, 15) is 0 Å². The first-order valence-corrected chi connectivity index (χ1v) is 23.3. The van der Waals surface area contributed by atoms with Crippen molar-refractivity contribution in [2.24, 2.45) is 0 Å².